The molecule has 2 heterocycles. The van der Waals surface area contributed by atoms with E-state index in [1.807, 2.05) is 4.90 Å². The van der Waals surface area contributed by atoms with Crippen molar-refractivity contribution in [3.63, 3.8) is 0 Å². The normalized spacial score (nSPS) is 24.0. The van der Waals surface area contributed by atoms with E-state index in [1.165, 1.54) is 16.7 Å². The number of benzene rings is 2. The molecule has 2 amide bonds. The summed E-state index contributed by atoms with van der Waals surface area (Å²) in [5.41, 5.74) is 4.17. The van der Waals surface area contributed by atoms with E-state index in [4.69, 9.17) is 0 Å². The van der Waals surface area contributed by atoms with Crippen molar-refractivity contribution in [1.82, 2.24) is 20.0 Å². The number of amides is 2. The second-order valence-electron chi connectivity index (χ2n) is 8.62. The molecule has 3 aliphatic rings. The van der Waals surface area contributed by atoms with Gasteiger partial charge in [0.1, 0.15) is 5.75 Å². The van der Waals surface area contributed by atoms with Crippen molar-refractivity contribution in [3.8, 4) is 5.75 Å². The summed E-state index contributed by atoms with van der Waals surface area (Å²) in [5.74, 6) is 0.711. The van der Waals surface area contributed by atoms with Crippen LogP contribution >= 0.6 is 0 Å². The Morgan fingerprint density at radius 2 is 1.61 bits per heavy atom. The molecule has 0 bridgehead atoms. The first-order valence-electron chi connectivity index (χ1n) is 11.1. The molecule has 2 aliphatic heterocycles. The lowest BCUT2D eigenvalue weighted by molar-refractivity contribution is 0.0905. The first-order valence-corrected chi connectivity index (χ1v) is 11.1. The second-order valence-corrected chi connectivity index (χ2v) is 8.62. The smallest absolute Gasteiger partial charge is 0.317 e. The van der Waals surface area contributed by atoms with Crippen molar-refractivity contribution in [1.29, 1.82) is 0 Å². The number of carbonyl (C=O) groups is 1. The highest BCUT2D eigenvalue weighted by atomic mass is 16.3. The van der Waals surface area contributed by atoms with E-state index in [9.17, 15) is 9.90 Å². The van der Waals surface area contributed by atoms with E-state index < -0.39 is 0 Å². The molecule has 2 fully saturated rings. The molecule has 5 rings (SSSR count). The molecule has 2 unspecified atom stereocenters. The second kappa shape index (κ2) is 9.26. The van der Waals surface area contributed by atoms with Gasteiger partial charge in [-0.25, -0.2) is 4.79 Å². The summed E-state index contributed by atoms with van der Waals surface area (Å²) in [5, 5.41) is 12.5. The topological polar surface area (TPSA) is 90.5 Å². The van der Waals surface area contributed by atoms with Crippen LogP contribution in [-0.2, 0) is 0 Å². The third-order valence-corrected chi connectivity index (χ3v) is 6.96. The van der Waals surface area contributed by atoms with E-state index in [-0.39, 0.29) is 11.5 Å². The van der Waals surface area contributed by atoms with Crippen LogP contribution in [0, 0.1) is 0 Å². The van der Waals surface area contributed by atoms with Gasteiger partial charge in [-0.3, -0.25) is 9.80 Å². The highest BCUT2D eigenvalue weighted by Gasteiger charge is 2.36. The Labute approximate surface area is 183 Å². The fourth-order valence-electron chi connectivity index (χ4n) is 5.26. The van der Waals surface area contributed by atoms with Crippen LogP contribution in [0.15, 0.2) is 48.5 Å². The number of phenols is 1. The van der Waals surface area contributed by atoms with Crippen LogP contribution in [0.1, 0.15) is 35.1 Å². The standard InChI is InChI=1S/C24H30N4O2.H2O/c29-19-7-5-18(6-8-19)22-17-23(21-4-2-1-3-20(21)22)27-14-11-26(12-15-27)13-16-28-10-9-25-24(28)30;/h1-8,22-23,29H,9-17H2,(H,25,30);1H2. The summed E-state index contributed by atoms with van der Waals surface area (Å²) < 4.78 is 0. The predicted octanol–water partition coefficient (Wildman–Crippen LogP) is 1.79. The first-order chi connectivity index (χ1) is 14.7. The van der Waals surface area contributed by atoms with Crippen LogP contribution in [0.25, 0.3) is 0 Å². The fraction of sp³-hybridized carbons (Fsp3) is 0.458. The van der Waals surface area contributed by atoms with Crippen molar-refractivity contribution < 1.29 is 15.4 Å². The van der Waals surface area contributed by atoms with Gasteiger partial charge in [0.2, 0.25) is 0 Å². The molecule has 0 spiro atoms. The number of urea groups is 1. The molecular formula is C24H32N4O3. The van der Waals surface area contributed by atoms with Crippen molar-refractivity contribution in [3.05, 3.63) is 65.2 Å². The van der Waals surface area contributed by atoms with Crippen LogP contribution in [0.2, 0.25) is 0 Å². The molecule has 4 N–H and O–H groups in total. The Kier molecular flexibility index (Phi) is 6.46. The highest BCUT2D eigenvalue weighted by Crippen LogP contribution is 2.46. The lowest BCUT2D eigenvalue weighted by Crippen LogP contribution is -2.49. The minimum absolute atomic E-state index is 0. The van der Waals surface area contributed by atoms with Crippen molar-refractivity contribution >= 4 is 6.03 Å². The van der Waals surface area contributed by atoms with Crippen molar-refractivity contribution in [2.24, 2.45) is 0 Å². The molecule has 0 radical (unpaired) electrons. The Balaban J connectivity index is 0.00000231. The summed E-state index contributed by atoms with van der Waals surface area (Å²) >= 11 is 0. The molecule has 2 atom stereocenters. The zero-order valence-electron chi connectivity index (χ0n) is 17.8. The van der Waals surface area contributed by atoms with Gasteiger partial charge in [0.05, 0.1) is 0 Å². The fourth-order valence-corrected chi connectivity index (χ4v) is 5.26. The van der Waals surface area contributed by atoms with E-state index in [2.05, 4.69) is 51.5 Å². The molecule has 1 aliphatic carbocycles. The zero-order valence-corrected chi connectivity index (χ0v) is 17.8. The number of fused-ring (bicyclic) bond motifs is 1. The van der Waals surface area contributed by atoms with Crippen molar-refractivity contribution in [2.75, 3.05) is 52.4 Å². The van der Waals surface area contributed by atoms with Gasteiger partial charge in [0.15, 0.2) is 0 Å². The molecule has 2 aromatic carbocycles. The monoisotopic (exact) mass is 424 g/mol. The summed E-state index contributed by atoms with van der Waals surface area (Å²) in [6.45, 7) is 7.61. The van der Waals surface area contributed by atoms with Crippen LogP contribution in [0.4, 0.5) is 4.79 Å². The van der Waals surface area contributed by atoms with Gasteiger partial charge >= 0.3 is 6.03 Å². The molecule has 31 heavy (non-hydrogen) atoms. The van der Waals surface area contributed by atoms with Gasteiger partial charge in [-0.2, -0.15) is 0 Å². The SMILES string of the molecule is O.O=C1NCCN1CCN1CCN(C2CC(c3ccc(O)cc3)c3ccccc32)CC1. The van der Waals surface area contributed by atoms with Gasteiger partial charge in [0.25, 0.3) is 0 Å². The van der Waals surface area contributed by atoms with Crippen LogP contribution < -0.4 is 5.32 Å². The lowest BCUT2D eigenvalue weighted by atomic mass is 9.93. The summed E-state index contributed by atoms with van der Waals surface area (Å²) in [4.78, 5) is 18.8. The number of carbonyl (C=O) groups excluding carboxylic acids is 1. The van der Waals surface area contributed by atoms with Crippen molar-refractivity contribution in [2.45, 2.75) is 18.4 Å². The maximum absolute atomic E-state index is 11.7. The third kappa shape index (κ3) is 4.39. The molecule has 7 nitrogen and oxygen atoms in total. The summed E-state index contributed by atoms with van der Waals surface area (Å²) in [6, 6.07) is 17.1. The minimum atomic E-state index is 0. The summed E-state index contributed by atoms with van der Waals surface area (Å²) in [6.07, 6.45) is 1.10. The molecule has 2 aromatic rings. The maximum Gasteiger partial charge on any atom is 0.317 e. The first kappa shape index (κ1) is 21.6. The molecular weight excluding hydrogens is 392 g/mol. The molecule has 7 heteroatoms. The van der Waals surface area contributed by atoms with Gasteiger partial charge in [0, 0.05) is 64.3 Å². The lowest BCUT2D eigenvalue weighted by Gasteiger charge is -2.39. The number of nitrogens with one attached hydrogen (secondary N) is 1. The Morgan fingerprint density at radius 3 is 2.29 bits per heavy atom. The van der Waals surface area contributed by atoms with Gasteiger partial charge in [-0.05, 0) is 35.2 Å². The number of hydrogen-bond acceptors (Lipinski definition) is 4. The Bertz CT molecular complexity index is 896. The average molecular weight is 425 g/mol. The predicted molar refractivity (Wildman–Crippen MR) is 120 cm³/mol. The average Bonchev–Trinajstić information content (AvgIpc) is 3.37. The van der Waals surface area contributed by atoms with E-state index >= 15 is 0 Å². The number of phenolic OH excluding ortho intramolecular Hbond substituents is 1. The van der Waals surface area contributed by atoms with Crippen LogP contribution in [-0.4, -0.2) is 83.7 Å². The van der Waals surface area contributed by atoms with E-state index in [0.717, 1.165) is 58.8 Å². The van der Waals surface area contributed by atoms with E-state index in [0.29, 0.717) is 17.7 Å². The maximum atomic E-state index is 11.7. The number of rotatable bonds is 5. The number of nitrogens with zero attached hydrogens (tertiary/aromatic N) is 3. The zero-order chi connectivity index (χ0) is 20.5. The molecule has 0 aromatic heterocycles. The largest absolute Gasteiger partial charge is 0.508 e. The van der Waals surface area contributed by atoms with Crippen LogP contribution in [0.3, 0.4) is 0 Å². The quantitative estimate of drug-likeness (QED) is 0.766. The minimum Gasteiger partial charge on any atom is -0.508 e. The Morgan fingerprint density at radius 1 is 0.903 bits per heavy atom. The highest BCUT2D eigenvalue weighted by molar-refractivity contribution is 5.76. The van der Waals surface area contributed by atoms with Gasteiger partial charge in [-0.15, -0.1) is 0 Å². The van der Waals surface area contributed by atoms with Gasteiger partial charge in [-0.1, -0.05) is 36.4 Å². The Hall–Kier alpha value is -2.61. The molecule has 2 saturated heterocycles. The number of hydrogen-bond donors (Lipinski definition) is 2. The number of piperazine rings is 1. The van der Waals surface area contributed by atoms with Gasteiger partial charge < -0.3 is 20.8 Å². The molecule has 166 valence electrons. The van der Waals surface area contributed by atoms with Crippen LogP contribution in [0.5, 0.6) is 5.75 Å². The van der Waals surface area contributed by atoms with E-state index in [1.54, 1.807) is 12.1 Å². The third-order valence-electron chi connectivity index (χ3n) is 6.96. The number of aromatic hydroxyl groups is 1. The molecule has 0 saturated carbocycles. The summed E-state index contributed by atoms with van der Waals surface area (Å²) in [7, 11) is 0.